The molecule has 56 valence electrons. The first-order chi connectivity index (χ1) is 4.66. The van der Waals surface area contributed by atoms with Crippen molar-refractivity contribution < 1.29 is 8.87 Å². The smallest absolute Gasteiger partial charge is 0.202 e. The van der Waals surface area contributed by atoms with Gasteiger partial charge in [-0.25, -0.2) is 4.98 Å². The van der Waals surface area contributed by atoms with E-state index in [4.69, 9.17) is 0 Å². The third kappa shape index (κ3) is 0.894. The van der Waals surface area contributed by atoms with Gasteiger partial charge < -0.3 is 0 Å². The van der Waals surface area contributed by atoms with E-state index in [-0.39, 0.29) is 16.3 Å². The summed E-state index contributed by atoms with van der Waals surface area (Å²) in [6.07, 6.45) is 0.404. The Morgan fingerprint density at radius 2 is 2.20 bits per heavy atom. The first kappa shape index (κ1) is 7.18. The van der Waals surface area contributed by atoms with Crippen molar-refractivity contribution in [3.63, 3.8) is 0 Å². The zero-order valence-corrected chi connectivity index (χ0v) is 5.86. The van der Waals surface area contributed by atoms with Crippen LogP contribution >= 0.6 is 0 Å². The molecule has 1 heterocycles. The molecule has 0 N–H and O–H groups in total. The van der Waals surface area contributed by atoms with Gasteiger partial charge in [0.1, 0.15) is 11.5 Å². The highest BCUT2D eigenvalue weighted by atomic mass is 19.2. The molecule has 0 bridgehead atoms. The van der Waals surface area contributed by atoms with E-state index in [2.05, 4.69) is 4.98 Å². The molecule has 1 rings (SSSR count). The van der Waals surface area contributed by atoms with Crippen molar-refractivity contribution in [2.45, 2.75) is 20.3 Å². The second-order valence-electron chi connectivity index (χ2n) is 2.04. The monoisotopic (exact) mass is 146 g/mol. The number of hydrogen-bond acceptors (Lipinski definition) is 1. The SMILES string of the molecule is CCc1nc(F)c(C)n1F. The van der Waals surface area contributed by atoms with Crippen LogP contribution in [0.3, 0.4) is 0 Å². The van der Waals surface area contributed by atoms with Crippen LogP contribution in [0.4, 0.5) is 8.87 Å². The quantitative estimate of drug-likeness (QED) is 0.588. The van der Waals surface area contributed by atoms with Gasteiger partial charge in [-0.05, 0) is 6.92 Å². The standard InChI is InChI=1S/C6H8F2N2/c1-3-5-9-6(7)4(2)10(5)8/h3H2,1-2H3. The molecule has 0 aromatic carbocycles. The van der Waals surface area contributed by atoms with Gasteiger partial charge in [-0.15, -0.1) is 0 Å². The van der Waals surface area contributed by atoms with Crippen molar-refractivity contribution in [2.24, 2.45) is 0 Å². The number of aryl methyl sites for hydroxylation is 1. The van der Waals surface area contributed by atoms with Gasteiger partial charge in [-0.3, -0.25) is 0 Å². The maximum absolute atomic E-state index is 12.6. The molecule has 0 aliphatic rings. The van der Waals surface area contributed by atoms with Crippen LogP contribution in [0.1, 0.15) is 18.4 Å². The van der Waals surface area contributed by atoms with Gasteiger partial charge in [0.05, 0.1) is 0 Å². The van der Waals surface area contributed by atoms with Crippen molar-refractivity contribution in [1.82, 2.24) is 9.77 Å². The van der Waals surface area contributed by atoms with Crippen molar-refractivity contribution in [1.29, 1.82) is 0 Å². The molecule has 0 aliphatic carbocycles. The van der Waals surface area contributed by atoms with Gasteiger partial charge in [-0.1, -0.05) is 11.4 Å². The predicted molar refractivity (Wildman–Crippen MR) is 32.8 cm³/mol. The average molecular weight is 146 g/mol. The lowest BCUT2D eigenvalue weighted by Crippen LogP contribution is -1.92. The van der Waals surface area contributed by atoms with Crippen molar-refractivity contribution in [3.05, 3.63) is 17.5 Å². The normalized spacial score (nSPS) is 10.4. The summed E-state index contributed by atoms with van der Waals surface area (Å²) >= 11 is 0. The van der Waals surface area contributed by atoms with Gasteiger partial charge in [-0.2, -0.15) is 9.18 Å². The molecule has 0 spiro atoms. The molecule has 10 heavy (non-hydrogen) atoms. The van der Waals surface area contributed by atoms with Crippen LogP contribution < -0.4 is 0 Å². The van der Waals surface area contributed by atoms with Crippen LogP contribution in [0.5, 0.6) is 0 Å². The third-order valence-electron chi connectivity index (χ3n) is 1.36. The maximum Gasteiger partial charge on any atom is 0.236 e. The van der Waals surface area contributed by atoms with Crippen molar-refractivity contribution >= 4 is 0 Å². The minimum Gasteiger partial charge on any atom is -0.202 e. The van der Waals surface area contributed by atoms with Crippen LogP contribution in [0.25, 0.3) is 0 Å². The molecule has 0 aliphatic heterocycles. The lowest BCUT2D eigenvalue weighted by Gasteiger charge is -1.90. The molecule has 0 atom stereocenters. The number of nitrogens with zero attached hydrogens (tertiary/aromatic N) is 2. The fourth-order valence-corrected chi connectivity index (χ4v) is 0.731. The summed E-state index contributed by atoms with van der Waals surface area (Å²) < 4.78 is 25.1. The zero-order chi connectivity index (χ0) is 7.72. The van der Waals surface area contributed by atoms with Crippen LogP contribution in [0.2, 0.25) is 0 Å². The van der Waals surface area contributed by atoms with E-state index in [1.807, 2.05) is 0 Å². The zero-order valence-electron chi connectivity index (χ0n) is 5.86. The number of imidazole rings is 1. The average Bonchev–Trinajstić information content (AvgIpc) is 2.17. The van der Waals surface area contributed by atoms with Crippen molar-refractivity contribution in [3.8, 4) is 0 Å². The minimum absolute atomic E-state index is 0.0585. The molecule has 0 saturated carbocycles. The van der Waals surface area contributed by atoms with Crippen LogP contribution in [-0.4, -0.2) is 9.77 Å². The maximum atomic E-state index is 12.6. The summed E-state index contributed by atoms with van der Waals surface area (Å²) in [5.41, 5.74) is -0.0585. The van der Waals surface area contributed by atoms with Gasteiger partial charge in [0, 0.05) is 6.42 Å². The Balaban J connectivity index is 3.17. The molecule has 1 aromatic heterocycles. The molecule has 0 unspecified atom stereocenters. The molecule has 4 heteroatoms. The van der Waals surface area contributed by atoms with Crippen LogP contribution in [0, 0.1) is 12.9 Å². The highest BCUT2D eigenvalue weighted by molar-refractivity contribution is 5.03. The first-order valence-corrected chi connectivity index (χ1v) is 3.06. The second-order valence-corrected chi connectivity index (χ2v) is 2.04. The minimum atomic E-state index is -0.723. The van der Waals surface area contributed by atoms with Gasteiger partial charge in [0.25, 0.3) is 0 Å². The Hall–Kier alpha value is -0.930. The van der Waals surface area contributed by atoms with Gasteiger partial charge in [0.2, 0.25) is 5.95 Å². The second kappa shape index (κ2) is 2.36. The highest BCUT2D eigenvalue weighted by Crippen LogP contribution is 2.08. The summed E-state index contributed by atoms with van der Waals surface area (Å²) in [5, 5.41) is 0. The van der Waals surface area contributed by atoms with E-state index in [1.54, 1.807) is 6.92 Å². The molecular weight excluding hydrogens is 138 g/mol. The highest BCUT2D eigenvalue weighted by Gasteiger charge is 2.10. The summed E-state index contributed by atoms with van der Waals surface area (Å²) in [6.45, 7) is 3.07. The van der Waals surface area contributed by atoms with E-state index in [1.165, 1.54) is 6.92 Å². The Morgan fingerprint density at radius 3 is 2.40 bits per heavy atom. The Bertz CT molecular complexity index is 242. The number of rotatable bonds is 1. The lowest BCUT2D eigenvalue weighted by atomic mass is 10.5. The summed E-state index contributed by atoms with van der Waals surface area (Å²) in [6, 6.07) is 0. The number of aromatic nitrogens is 2. The largest absolute Gasteiger partial charge is 0.236 e. The summed E-state index contributed by atoms with van der Waals surface area (Å²) in [4.78, 5) is 3.62. The molecule has 0 radical (unpaired) electrons. The Kier molecular flexibility index (Phi) is 1.70. The summed E-state index contributed by atoms with van der Waals surface area (Å²) in [5.74, 6) is -0.589. The molecular formula is C6H8F2N2. The molecule has 1 aromatic rings. The van der Waals surface area contributed by atoms with Gasteiger partial charge >= 0.3 is 0 Å². The molecule has 0 amide bonds. The van der Waals surface area contributed by atoms with Gasteiger partial charge in [0.15, 0.2) is 0 Å². The van der Waals surface area contributed by atoms with E-state index in [0.717, 1.165) is 0 Å². The van der Waals surface area contributed by atoms with E-state index < -0.39 is 5.95 Å². The number of hydrogen-bond donors (Lipinski definition) is 0. The first-order valence-electron chi connectivity index (χ1n) is 3.06. The fourth-order valence-electron chi connectivity index (χ4n) is 0.731. The Morgan fingerprint density at radius 1 is 1.60 bits per heavy atom. The van der Waals surface area contributed by atoms with Crippen molar-refractivity contribution in [2.75, 3.05) is 0 Å². The predicted octanol–water partition coefficient (Wildman–Crippen LogP) is 1.63. The molecule has 2 nitrogen and oxygen atoms in total. The van der Waals surface area contributed by atoms with E-state index >= 15 is 0 Å². The molecule has 0 fully saturated rings. The fraction of sp³-hybridized carbons (Fsp3) is 0.500. The lowest BCUT2D eigenvalue weighted by molar-refractivity contribution is 0.340. The Labute approximate surface area is 57.4 Å². The molecule has 0 saturated heterocycles. The van der Waals surface area contributed by atoms with E-state index in [9.17, 15) is 8.87 Å². The van der Waals surface area contributed by atoms with E-state index in [0.29, 0.717) is 6.42 Å². The van der Waals surface area contributed by atoms with Crippen LogP contribution in [0.15, 0.2) is 0 Å². The third-order valence-corrected chi connectivity index (χ3v) is 1.36. The summed E-state index contributed by atoms with van der Waals surface area (Å²) in [7, 11) is 0. The topological polar surface area (TPSA) is 17.8 Å². The number of halogens is 2. The van der Waals surface area contributed by atoms with Crippen LogP contribution in [-0.2, 0) is 6.42 Å².